The fourth-order valence-electron chi connectivity index (χ4n) is 1.54. The molecule has 7 nitrogen and oxygen atoms in total. The van der Waals surface area contributed by atoms with Crippen molar-refractivity contribution < 1.29 is 13.2 Å². The summed E-state index contributed by atoms with van der Waals surface area (Å²) >= 11 is 6.82. The van der Waals surface area contributed by atoms with Crippen LogP contribution >= 0.6 is 23.1 Å². The Labute approximate surface area is 130 Å². The second-order valence-electron chi connectivity index (χ2n) is 4.06. The molecule has 0 aliphatic carbocycles. The summed E-state index contributed by atoms with van der Waals surface area (Å²) in [5, 5.41) is 0.705. The third kappa shape index (κ3) is 3.56. The number of nitrogens with two attached hydrogens (primary N) is 1. The van der Waals surface area contributed by atoms with Gasteiger partial charge >= 0.3 is 0 Å². The van der Waals surface area contributed by atoms with E-state index in [9.17, 15) is 13.2 Å². The Bertz CT molecular complexity index is 789. The minimum absolute atomic E-state index is 0.0841. The predicted molar refractivity (Wildman–Crippen MR) is 78.6 cm³/mol. The van der Waals surface area contributed by atoms with Crippen LogP contribution in [0.3, 0.4) is 0 Å². The van der Waals surface area contributed by atoms with Crippen molar-refractivity contribution in [3.8, 4) is 0 Å². The fraction of sp³-hybridized carbons (Fsp3) is 0.182. The minimum atomic E-state index is -3.73. The molecule has 0 radical (unpaired) electrons. The number of hydrogen-bond acceptors (Lipinski definition) is 6. The van der Waals surface area contributed by atoms with Crippen molar-refractivity contribution in [2.45, 2.75) is 18.4 Å². The second kappa shape index (κ2) is 6.06. The van der Waals surface area contributed by atoms with Crippen molar-refractivity contribution >= 4 is 39.1 Å². The molecule has 1 heterocycles. The maximum absolute atomic E-state index is 12.2. The first kappa shape index (κ1) is 15.8. The second-order valence-corrected chi connectivity index (χ2v) is 7.04. The van der Waals surface area contributed by atoms with Crippen LogP contribution in [0, 0.1) is 6.92 Å². The summed E-state index contributed by atoms with van der Waals surface area (Å²) in [5.74, 6) is -0.890. The molecule has 2 aromatic rings. The Kier molecular flexibility index (Phi) is 4.57. The first-order valence-corrected chi connectivity index (χ1v) is 8.32. The molecule has 0 bridgehead atoms. The van der Waals surface area contributed by atoms with Gasteiger partial charge in [-0.1, -0.05) is 17.7 Å². The van der Waals surface area contributed by atoms with Crippen LogP contribution < -0.4 is 10.5 Å². The summed E-state index contributed by atoms with van der Waals surface area (Å²) in [6, 6.07) is 4.62. The van der Waals surface area contributed by atoms with E-state index in [1.54, 1.807) is 19.1 Å². The highest BCUT2D eigenvalue weighted by Crippen LogP contribution is 2.22. The van der Waals surface area contributed by atoms with E-state index in [1.807, 2.05) is 0 Å². The molecule has 0 fully saturated rings. The molecule has 1 aromatic heterocycles. The molecule has 21 heavy (non-hydrogen) atoms. The van der Waals surface area contributed by atoms with Crippen LogP contribution in [0.5, 0.6) is 0 Å². The number of halogens is 1. The molecule has 2 rings (SSSR count). The molecule has 0 aliphatic rings. The highest BCUT2D eigenvalue weighted by atomic mass is 35.5. The van der Waals surface area contributed by atoms with Crippen molar-refractivity contribution in [3.05, 3.63) is 39.6 Å². The van der Waals surface area contributed by atoms with E-state index in [0.29, 0.717) is 15.6 Å². The van der Waals surface area contributed by atoms with Crippen LogP contribution in [0.2, 0.25) is 5.02 Å². The van der Waals surface area contributed by atoms with E-state index < -0.39 is 15.9 Å². The monoisotopic (exact) mass is 346 g/mol. The van der Waals surface area contributed by atoms with Gasteiger partial charge < -0.3 is 5.73 Å². The number of carbonyl (C=O) groups excluding carboxylic acids is 1. The maximum atomic E-state index is 12.2. The number of nitrogens with one attached hydrogen (secondary N) is 1. The lowest BCUT2D eigenvalue weighted by Crippen LogP contribution is -2.24. The van der Waals surface area contributed by atoms with Gasteiger partial charge in [-0.2, -0.15) is 4.37 Å². The van der Waals surface area contributed by atoms with Crippen molar-refractivity contribution in [2.75, 3.05) is 0 Å². The third-order valence-electron chi connectivity index (χ3n) is 2.61. The molecule has 10 heteroatoms. The van der Waals surface area contributed by atoms with Crippen LogP contribution in [0.15, 0.2) is 23.1 Å². The van der Waals surface area contributed by atoms with Gasteiger partial charge in [-0.05, 0) is 36.2 Å². The number of amides is 1. The summed E-state index contributed by atoms with van der Waals surface area (Å²) in [6.07, 6.45) is 0. The molecule has 1 amide bonds. The first-order valence-electron chi connectivity index (χ1n) is 5.68. The van der Waals surface area contributed by atoms with Crippen molar-refractivity contribution in [1.82, 2.24) is 14.1 Å². The quantitative estimate of drug-likeness (QED) is 0.840. The Hall–Kier alpha value is -1.55. The van der Waals surface area contributed by atoms with Crippen molar-refractivity contribution in [1.29, 1.82) is 0 Å². The normalized spacial score (nSPS) is 11.5. The van der Waals surface area contributed by atoms with Gasteiger partial charge in [-0.15, -0.1) is 0 Å². The average molecular weight is 347 g/mol. The van der Waals surface area contributed by atoms with E-state index in [4.69, 9.17) is 17.3 Å². The topological polar surface area (TPSA) is 115 Å². The zero-order valence-electron chi connectivity index (χ0n) is 10.8. The summed E-state index contributed by atoms with van der Waals surface area (Å²) in [4.78, 5) is 14.8. The molecular weight excluding hydrogens is 336 g/mol. The van der Waals surface area contributed by atoms with Gasteiger partial charge in [0.05, 0.1) is 11.4 Å². The highest BCUT2D eigenvalue weighted by Gasteiger charge is 2.19. The fourth-order valence-corrected chi connectivity index (χ4v) is 3.70. The van der Waals surface area contributed by atoms with Gasteiger partial charge in [0.1, 0.15) is 5.01 Å². The molecule has 0 saturated carbocycles. The Morgan fingerprint density at radius 3 is 2.81 bits per heavy atom. The number of hydrogen-bond donors (Lipinski definition) is 2. The van der Waals surface area contributed by atoms with Crippen LogP contribution in [0.4, 0.5) is 0 Å². The van der Waals surface area contributed by atoms with Crippen molar-refractivity contribution in [2.24, 2.45) is 5.73 Å². The van der Waals surface area contributed by atoms with Crippen LogP contribution in [0.1, 0.15) is 21.2 Å². The standard InChI is InChI=1S/C11H11ClN4O3S2/c1-6-7(12)3-2-4-8(6)21(18,19)14-5-9-15-11(10(13)17)16-20-9/h2-4,14H,5H2,1H3,(H2,13,17). The molecule has 0 atom stereocenters. The Morgan fingerprint density at radius 2 is 2.19 bits per heavy atom. The van der Waals surface area contributed by atoms with E-state index in [0.717, 1.165) is 11.5 Å². The molecule has 112 valence electrons. The zero-order valence-corrected chi connectivity index (χ0v) is 13.2. The number of sulfonamides is 1. The summed E-state index contributed by atoms with van der Waals surface area (Å²) in [6.45, 7) is 1.53. The number of primary amides is 1. The molecular formula is C11H11ClN4O3S2. The predicted octanol–water partition coefficient (Wildman–Crippen LogP) is 1.08. The Balaban J connectivity index is 2.18. The maximum Gasteiger partial charge on any atom is 0.287 e. The minimum Gasteiger partial charge on any atom is -0.363 e. The van der Waals surface area contributed by atoms with Gasteiger partial charge in [0.25, 0.3) is 5.91 Å². The lowest BCUT2D eigenvalue weighted by atomic mass is 10.2. The highest BCUT2D eigenvalue weighted by molar-refractivity contribution is 7.89. The number of carbonyl (C=O) groups is 1. The van der Waals surface area contributed by atoms with E-state index in [1.165, 1.54) is 6.07 Å². The first-order chi connectivity index (χ1) is 9.81. The average Bonchev–Trinajstić information content (AvgIpc) is 2.88. The lowest BCUT2D eigenvalue weighted by molar-refractivity contribution is 0.0991. The summed E-state index contributed by atoms with van der Waals surface area (Å²) < 4.78 is 30.5. The molecule has 0 aliphatic heterocycles. The zero-order chi connectivity index (χ0) is 15.6. The number of nitrogens with zero attached hydrogens (tertiary/aromatic N) is 2. The van der Waals surface area contributed by atoms with E-state index in [2.05, 4.69) is 14.1 Å². The van der Waals surface area contributed by atoms with Gasteiger partial charge in [0.15, 0.2) is 0 Å². The smallest absolute Gasteiger partial charge is 0.287 e. The third-order valence-corrected chi connectivity index (χ3v) is 5.28. The number of benzene rings is 1. The van der Waals surface area contributed by atoms with Crippen molar-refractivity contribution in [3.63, 3.8) is 0 Å². The SMILES string of the molecule is Cc1c(Cl)cccc1S(=O)(=O)NCc1nc(C(N)=O)ns1. The number of aromatic nitrogens is 2. The van der Waals surface area contributed by atoms with E-state index in [-0.39, 0.29) is 17.3 Å². The number of rotatable bonds is 5. The molecule has 1 aromatic carbocycles. The molecule has 0 saturated heterocycles. The van der Waals surface area contributed by atoms with Gasteiger partial charge in [0, 0.05) is 5.02 Å². The molecule has 3 N–H and O–H groups in total. The van der Waals surface area contributed by atoms with Crippen LogP contribution in [-0.2, 0) is 16.6 Å². The van der Waals surface area contributed by atoms with E-state index >= 15 is 0 Å². The Morgan fingerprint density at radius 1 is 1.48 bits per heavy atom. The van der Waals surface area contributed by atoms with Crippen LogP contribution in [0.25, 0.3) is 0 Å². The molecule has 0 spiro atoms. The van der Waals surface area contributed by atoms with Gasteiger partial charge in [-0.3, -0.25) is 4.79 Å². The lowest BCUT2D eigenvalue weighted by Gasteiger charge is -2.09. The summed E-state index contributed by atoms with van der Waals surface area (Å²) in [7, 11) is -3.73. The summed E-state index contributed by atoms with van der Waals surface area (Å²) in [5.41, 5.74) is 5.49. The van der Waals surface area contributed by atoms with Crippen LogP contribution in [-0.4, -0.2) is 23.7 Å². The largest absolute Gasteiger partial charge is 0.363 e. The van der Waals surface area contributed by atoms with Gasteiger partial charge in [-0.25, -0.2) is 18.1 Å². The molecule has 0 unspecified atom stereocenters. The van der Waals surface area contributed by atoms with Gasteiger partial charge in [0.2, 0.25) is 15.8 Å².